The molecule has 0 bridgehead atoms. The minimum atomic E-state index is -0.201. The largest absolute Gasteiger partial charge is 0.497 e. The van der Waals surface area contributed by atoms with Crippen LogP contribution in [0.3, 0.4) is 0 Å². The molecule has 0 aliphatic heterocycles. The number of hydrogen-bond donors (Lipinski definition) is 1. The smallest absolute Gasteiger partial charge is 0.266 e. The molecule has 0 unspecified atom stereocenters. The summed E-state index contributed by atoms with van der Waals surface area (Å²) in [6, 6.07) is 16.2. The molecule has 3 rings (SSSR count). The van der Waals surface area contributed by atoms with Gasteiger partial charge in [-0.1, -0.05) is 6.07 Å². The van der Waals surface area contributed by atoms with Crippen molar-refractivity contribution in [1.82, 2.24) is 9.78 Å². The number of aryl methyl sites for hydroxylation is 2. The van der Waals surface area contributed by atoms with Crippen LogP contribution in [0.1, 0.15) is 18.4 Å². The second kappa shape index (κ2) is 9.73. The predicted molar refractivity (Wildman–Crippen MR) is 116 cm³/mol. The van der Waals surface area contributed by atoms with E-state index in [1.165, 1.54) is 10.7 Å². The Morgan fingerprint density at radius 1 is 1.03 bits per heavy atom. The van der Waals surface area contributed by atoms with E-state index in [1.807, 2.05) is 49.4 Å². The molecule has 0 radical (unpaired) electrons. The fourth-order valence-corrected chi connectivity index (χ4v) is 3.05. The van der Waals surface area contributed by atoms with Gasteiger partial charge in [0.15, 0.2) is 0 Å². The Hall–Kier alpha value is -3.61. The SMILES string of the molecule is COc1ccc(-c2ccc(=O)n(CCCC(=O)Nc3cc(C)ccc3OC)n2)cc1. The summed E-state index contributed by atoms with van der Waals surface area (Å²) in [5.41, 5.74) is 3.03. The molecule has 1 heterocycles. The average molecular weight is 407 g/mol. The van der Waals surface area contributed by atoms with Crippen LogP contribution in [0.25, 0.3) is 11.3 Å². The molecule has 30 heavy (non-hydrogen) atoms. The molecule has 7 heteroatoms. The lowest BCUT2D eigenvalue weighted by atomic mass is 10.1. The van der Waals surface area contributed by atoms with Crippen molar-refractivity contribution in [3.8, 4) is 22.8 Å². The first-order chi connectivity index (χ1) is 14.5. The lowest BCUT2D eigenvalue weighted by Gasteiger charge is -2.11. The molecule has 7 nitrogen and oxygen atoms in total. The Balaban J connectivity index is 1.62. The Labute approximate surface area is 175 Å². The molecular weight excluding hydrogens is 382 g/mol. The number of nitrogens with one attached hydrogen (secondary N) is 1. The van der Waals surface area contributed by atoms with E-state index < -0.39 is 0 Å². The lowest BCUT2D eigenvalue weighted by molar-refractivity contribution is -0.116. The lowest BCUT2D eigenvalue weighted by Crippen LogP contribution is -2.23. The summed E-state index contributed by atoms with van der Waals surface area (Å²) in [6.45, 7) is 2.30. The van der Waals surface area contributed by atoms with Crippen molar-refractivity contribution in [2.24, 2.45) is 0 Å². The van der Waals surface area contributed by atoms with Gasteiger partial charge in [-0.3, -0.25) is 9.59 Å². The molecule has 1 aromatic heterocycles. The average Bonchev–Trinajstić information content (AvgIpc) is 2.75. The second-order valence-electron chi connectivity index (χ2n) is 6.86. The van der Waals surface area contributed by atoms with Gasteiger partial charge >= 0.3 is 0 Å². The highest BCUT2D eigenvalue weighted by molar-refractivity contribution is 5.92. The molecule has 0 spiro atoms. The number of methoxy groups -OCH3 is 2. The fourth-order valence-electron chi connectivity index (χ4n) is 3.05. The summed E-state index contributed by atoms with van der Waals surface area (Å²) in [6.07, 6.45) is 0.747. The zero-order valence-corrected chi connectivity index (χ0v) is 17.3. The van der Waals surface area contributed by atoms with E-state index in [9.17, 15) is 9.59 Å². The van der Waals surface area contributed by atoms with Crippen LogP contribution in [0.5, 0.6) is 11.5 Å². The summed E-state index contributed by atoms with van der Waals surface area (Å²) in [4.78, 5) is 24.5. The molecule has 0 aliphatic carbocycles. The van der Waals surface area contributed by atoms with E-state index in [1.54, 1.807) is 20.3 Å². The van der Waals surface area contributed by atoms with E-state index >= 15 is 0 Å². The van der Waals surface area contributed by atoms with Gasteiger partial charge in [0.2, 0.25) is 5.91 Å². The molecular formula is C23H25N3O4. The quantitative estimate of drug-likeness (QED) is 0.616. The number of rotatable bonds is 8. The van der Waals surface area contributed by atoms with Gasteiger partial charge in [-0.2, -0.15) is 5.10 Å². The van der Waals surface area contributed by atoms with Crippen LogP contribution in [-0.2, 0) is 11.3 Å². The molecule has 1 amide bonds. The molecule has 0 saturated carbocycles. The molecule has 2 aromatic carbocycles. The van der Waals surface area contributed by atoms with E-state index in [4.69, 9.17) is 9.47 Å². The number of ether oxygens (including phenoxy) is 2. The third-order valence-electron chi connectivity index (χ3n) is 4.66. The molecule has 1 N–H and O–H groups in total. The van der Waals surface area contributed by atoms with Crippen molar-refractivity contribution in [3.63, 3.8) is 0 Å². The minimum absolute atomic E-state index is 0.141. The number of anilines is 1. The number of nitrogens with zero attached hydrogens (tertiary/aromatic N) is 2. The van der Waals surface area contributed by atoms with Crippen LogP contribution in [0.2, 0.25) is 0 Å². The molecule has 0 aliphatic rings. The predicted octanol–water partition coefficient (Wildman–Crippen LogP) is 3.65. The Bertz CT molecular complexity index is 1070. The monoisotopic (exact) mass is 407 g/mol. The zero-order chi connectivity index (χ0) is 21.5. The van der Waals surface area contributed by atoms with Crippen LogP contribution in [0.15, 0.2) is 59.4 Å². The summed E-state index contributed by atoms with van der Waals surface area (Å²) in [5.74, 6) is 1.22. The van der Waals surface area contributed by atoms with Gasteiger partial charge in [-0.15, -0.1) is 0 Å². The van der Waals surface area contributed by atoms with Gasteiger partial charge in [-0.05, 0) is 61.4 Å². The van der Waals surface area contributed by atoms with E-state index in [2.05, 4.69) is 10.4 Å². The van der Waals surface area contributed by atoms with Crippen molar-refractivity contribution in [3.05, 3.63) is 70.5 Å². The minimum Gasteiger partial charge on any atom is -0.497 e. The normalized spacial score (nSPS) is 10.5. The number of carbonyl (C=O) groups is 1. The van der Waals surface area contributed by atoms with Crippen molar-refractivity contribution in [1.29, 1.82) is 0 Å². The number of benzene rings is 2. The van der Waals surface area contributed by atoms with Crippen molar-refractivity contribution >= 4 is 11.6 Å². The van der Waals surface area contributed by atoms with Crippen molar-refractivity contribution in [2.75, 3.05) is 19.5 Å². The van der Waals surface area contributed by atoms with Gasteiger partial charge in [0.25, 0.3) is 5.56 Å². The first kappa shape index (κ1) is 21.1. The number of carbonyl (C=O) groups excluding carboxylic acids is 1. The van der Waals surface area contributed by atoms with E-state index in [0.29, 0.717) is 30.1 Å². The third-order valence-corrected chi connectivity index (χ3v) is 4.66. The van der Waals surface area contributed by atoms with Crippen LogP contribution in [-0.4, -0.2) is 29.9 Å². The molecule has 156 valence electrons. The first-order valence-corrected chi connectivity index (χ1v) is 9.67. The van der Waals surface area contributed by atoms with Gasteiger partial charge in [0.1, 0.15) is 11.5 Å². The maximum atomic E-state index is 12.3. The fraction of sp³-hybridized carbons (Fsp3) is 0.261. The zero-order valence-electron chi connectivity index (χ0n) is 17.3. The summed E-state index contributed by atoms with van der Waals surface area (Å²) in [5, 5.41) is 7.30. The van der Waals surface area contributed by atoms with Crippen LogP contribution in [0, 0.1) is 6.92 Å². The van der Waals surface area contributed by atoms with Crippen LogP contribution in [0.4, 0.5) is 5.69 Å². The third kappa shape index (κ3) is 5.26. The first-order valence-electron chi connectivity index (χ1n) is 9.67. The van der Waals surface area contributed by atoms with E-state index in [-0.39, 0.29) is 17.9 Å². The highest BCUT2D eigenvalue weighted by Crippen LogP contribution is 2.25. The number of hydrogen-bond acceptors (Lipinski definition) is 5. The van der Waals surface area contributed by atoms with Crippen LogP contribution < -0.4 is 20.3 Å². The Morgan fingerprint density at radius 3 is 2.50 bits per heavy atom. The van der Waals surface area contributed by atoms with E-state index in [0.717, 1.165) is 16.9 Å². The molecule has 0 fully saturated rings. The van der Waals surface area contributed by atoms with Gasteiger partial charge in [0.05, 0.1) is 25.6 Å². The molecule has 3 aromatic rings. The van der Waals surface area contributed by atoms with Gasteiger partial charge in [0, 0.05) is 24.6 Å². The highest BCUT2D eigenvalue weighted by atomic mass is 16.5. The standard InChI is InChI=1S/C23H25N3O4/c1-16-6-12-21(30-3)20(15-16)24-22(27)5-4-14-26-23(28)13-11-19(25-26)17-7-9-18(29-2)10-8-17/h6-13,15H,4-5,14H2,1-3H3,(H,24,27). The summed E-state index contributed by atoms with van der Waals surface area (Å²) >= 11 is 0. The Kier molecular flexibility index (Phi) is 6.85. The maximum absolute atomic E-state index is 12.3. The topological polar surface area (TPSA) is 82.5 Å². The number of aromatic nitrogens is 2. The van der Waals surface area contributed by atoms with Crippen LogP contribution >= 0.6 is 0 Å². The summed E-state index contributed by atoms with van der Waals surface area (Å²) in [7, 11) is 3.17. The van der Waals surface area contributed by atoms with Crippen molar-refractivity contribution < 1.29 is 14.3 Å². The molecule has 0 atom stereocenters. The van der Waals surface area contributed by atoms with Gasteiger partial charge < -0.3 is 14.8 Å². The summed E-state index contributed by atoms with van der Waals surface area (Å²) < 4.78 is 11.8. The Morgan fingerprint density at radius 2 is 1.80 bits per heavy atom. The van der Waals surface area contributed by atoms with Gasteiger partial charge in [-0.25, -0.2) is 4.68 Å². The second-order valence-corrected chi connectivity index (χ2v) is 6.86. The highest BCUT2D eigenvalue weighted by Gasteiger charge is 2.09. The molecule has 0 saturated heterocycles. The maximum Gasteiger partial charge on any atom is 0.266 e. The number of amides is 1. The van der Waals surface area contributed by atoms with Crippen molar-refractivity contribution in [2.45, 2.75) is 26.3 Å².